The SMILES string of the molecule is CN(C1CCC(C)(C)CC1)C(CN)c1sccc1Br. The lowest BCUT2D eigenvalue weighted by molar-refractivity contribution is 0.0976. The predicted octanol–water partition coefficient (Wildman–Crippen LogP) is 4.41. The van der Waals surface area contributed by atoms with Crippen LogP contribution in [0.2, 0.25) is 0 Å². The molecule has 1 heterocycles. The van der Waals surface area contributed by atoms with E-state index in [1.165, 1.54) is 35.0 Å². The summed E-state index contributed by atoms with van der Waals surface area (Å²) in [7, 11) is 2.24. The Bertz CT molecular complexity index is 406. The second-order valence-electron chi connectivity index (χ2n) is 6.45. The molecule has 1 aromatic heterocycles. The molecule has 0 amide bonds. The Morgan fingerprint density at radius 3 is 2.58 bits per heavy atom. The quantitative estimate of drug-likeness (QED) is 0.876. The average Bonchev–Trinajstić information content (AvgIpc) is 2.76. The van der Waals surface area contributed by atoms with Gasteiger partial charge in [0.05, 0.1) is 6.04 Å². The minimum Gasteiger partial charge on any atom is -0.329 e. The molecule has 2 rings (SSSR count). The van der Waals surface area contributed by atoms with Crippen LogP contribution in [0.15, 0.2) is 15.9 Å². The fourth-order valence-electron chi connectivity index (χ4n) is 3.05. The third-order valence-corrected chi connectivity index (χ3v) is 6.52. The minimum absolute atomic E-state index is 0.348. The highest BCUT2D eigenvalue weighted by molar-refractivity contribution is 9.10. The van der Waals surface area contributed by atoms with E-state index in [2.05, 4.69) is 53.2 Å². The van der Waals surface area contributed by atoms with E-state index in [1.54, 1.807) is 11.3 Å². The molecule has 2 nitrogen and oxygen atoms in total. The molecule has 0 aliphatic heterocycles. The zero-order valence-electron chi connectivity index (χ0n) is 12.2. The van der Waals surface area contributed by atoms with Crippen LogP contribution < -0.4 is 5.73 Å². The molecule has 4 heteroatoms. The molecule has 1 aliphatic rings. The van der Waals surface area contributed by atoms with Gasteiger partial charge >= 0.3 is 0 Å². The smallest absolute Gasteiger partial charge is 0.0575 e. The Balaban J connectivity index is 2.06. The number of thiophene rings is 1. The van der Waals surface area contributed by atoms with Crippen LogP contribution in [0.5, 0.6) is 0 Å². The molecule has 0 aromatic carbocycles. The molecular weight excluding hydrogens is 320 g/mol. The Hall–Kier alpha value is 0.100. The van der Waals surface area contributed by atoms with Gasteiger partial charge in [0, 0.05) is 21.9 Å². The van der Waals surface area contributed by atoms with E-state index in [1.807, 2.05) is 0 Å². The molecule has 19 heavy (non-hydrogen) atoms. The second-order valence-corrected chi connectivity index (χ2v) is 8.25. The first-order valence-corrected chi connectivity index (χ1v) is 8.77. The van der Waals surface area contributed by atoms with Crippen molar-refractivity contribution in [2.24, 2.45) is 11.1 Å². The lowest BCUT2D eigenvalue weighted by atomic mass is 9.75. The van der Waals surface area contributed by atoms with Crippen molar-refractivity contribution in [3.63, 3.8) is 0 Å². The summed E-state index contributed by atoms with van der Waals surface area (Å²) >= 11 is 5.45. The first kappa shape index (κ1) is 15.5. The van der Waals surface area contributed by atoms with E-state index < -0.39 is 0 Å². The molecule has 1 saturated carbocycles. The maximum Gasteiger partial charge on any atom is 0.0575 e. The van der Waals surface area contributed by atoms with E-state index in [9.17, 15) is 0 Å². The van der Waals surface area contributed by atoms with Crippen molar-refractivity contribution in [2.75, 3.05) is 13.6 Å². The average molecular weight is 345 g/mol. The normalized spacial score (nSPS) is 21.8. The van der Waals surface area contributed by atoms with E-state index >= 15 is 0 Å². The Labute approximate surface area is 129 Å². The molecule has 1 aliphatic carbocycles. The van der Waals surface area contributed by atoms with E-state index in [0.29, 0.717) is 24.0 Å². The van der Waals surface area contributed by atoms with Crippen molar-refractivity contribution in [3.8, 4) is 0 Å². The molecular formula is C15H25BrN2S. The van der Waals surface area contributed by atoms with Gasteiger partial charge in [0.25, 0.3) is 0 Å². The number of hydrogen-bond acceptors (Lipinski definition) is 3. The fraction of sp³-hybridized carbons (Fsp3) is 0.733. The van der Waals surface area contributed by atoms with Gasteiger partial charge in [-0.2, -0.15) is 0 Å². The molecule has 0 saturated heterocycles. The second kappa shape index (κ2) is 6.25. The monoisotopic (exact) mass is 344 g/mol. The maximum atomic E-state index is 6.04. The van der Waals surface area contributed by atoms with E-state index in [-0.39, 0.29) is 0 Å². The standard InChI is InChI=1S/C15H25BrN2S/c1-15(2)7-4-11(5-8-15)18(3)13(10-17)14-12(16)6-9-19-14/h6,9,11,13H,4-5,7-8,10,17H2,1-3H3. The van der Waals surface area contributed by atoms with Crippen molar-refractivity contribution in [2.45, 2.75) is 51.6 Å². The highest BCUT2D eigenvalue weighted by atomic mass is 79.9. The lowest BCUT2D eigenvalue weighted by Crippen LogP contribution is -2.41. The van der Waals surface area contributed by atoms with Gasteiger partial charge in [-0.15, -0.1) is 11.3 Å². The van der Waals surface area contributed by atoms with Crippen molar-refractivity contribution >= 4 is 27.3 Å². The highest BCUT2D eigenvalue weighted by Gasteiger charge is 2.32. The fourth-order valence-corrected chi connectivity index (χ4v) is 4.85. The summed E-state index contributed by atoms with van der Waals surface area (Å²) in [5.74, 6) is 0. The zero-order chi connectivity index (χ0) is 14.0. The molecule has 0 spiro atoms. The maximum absolute atomic E-state index is 6.04. The summed E-state index contributed by atoms with van der Waals surface area (Å²) in [5.41, 5.74) is 6.56. The first-order valence-electron chi connectivity index (χ1n) is 7.09. The van der Waals surface area contributed by atoms with Crippen molar-refractivity contribution in [1.82, 2.24) is 4.90 Å². The van der Waals surface area contributed by atoms with Gasteiger partial charge in [0.15, 0.2) is 0 Å². The number of likely N-dealkylation sites (N-methyl/N-ethyl adjacent to an activating group) is 1. The third-order valence-electron chi connectivity index (χ3n) is 4.55. The Morgan fingerprint density at radius 2 is 2.11 bits per heavy atom. The lowest BCUT2D eigenvalue weighted by Gasteiger charge is -2.41. The van der Waals surface area contributed by atoms with Gasteiger partial charge < -0.3 is 5.73 Å². The van der Waals surface area contributed by atoms with Crippen LogP contribution >= 0.6 is 27.3 Å². The van der Waals surface area contributed by atoms with Gasteiger partial charge in [0.2, 0.25) is 0 Å². The highest BCUT2D eigenvalue weighted by Crippen LogP contribution is 2.40. The van der Waals surface area contributed by atoms with Crippen molar-refractivity contribution in [1.29, 1.82) is 0 Å². The molecule has 1 fully saturated rings. The van der Waals surface area contributed by atoms with Gasteiger partial charge in [0.1, 0.15) is 0 Å². The van der Waals surface area contributed by atoms with Crippen LogP contribution in [0.25, 0.3) is 0 Å². The molecule has 1 atom stereocenters. The number of rotatable bonds is 4. The van der Waals surface area contributed by atoms with Crippen LogP contribution in [0.4, 0.5) is 0 Å². The van der Waals surface area contributed by atoms with Gasteiger partial charge in [-0.3, -0.25) is 4.90 Å². The van der Waals surface area contributed by atoms with Gasteiger partial charge in [-0.1, -0.05) is 13.8 Å². The van der Waals surface area contributed by atoms with Crippen molar-refractivity contribution < 1.29 is 0 Å². The van der Waals surface area contributed by atoms with Crippen molar-refractivity contribution in [3.05, 3.63) is 20.8 Å². The molecule has 1 unspecified atom stereocenters. The van der Waals surface area contributed by atoms with Crippen LogP contribution in [0.3, 0.4) is 0 Å². The summed E-state index contributed by atoms with van der Waals surface area (Å²) in [6, 6.07) is 3.15. The largest absolute Gasteiger partial charge is 0.329 e. The van der Waals surface area contributed by atoms with E-state index in [4.69, 9.17) is 5.73 Å². The predicted molar refractivity (Wildman–Crippen MR) is 87.6 cm³/mol. The molecule has 0 radical (unpaired) electrons. The topological polar surface area (TPSA) is 29.3 Å². The minimum atomic E-state index is 0.348. The first-order chi connectivity index (χ1) is 8.94. The van der Waals surface area contributed by atoms with Gasteiger partial charge in [-0.05, 0) is 65.5 Å². The zero-order valence-corrected chi connectivity index (χ0v) is 14.6. The summed E-state index contributed by atoms with van der Waals surface area (Å²) in [4.78, 5) is 3.88. The summed E-state index contributed by atoms with van der Waals surface area (Å²) < 4.78 is 1.20. The van der Waals surface area contributed by atoms with Gasteiger partial charge in [-0.25, -0.2) is 0 Å². The number of hydrogen-bond donors (Lipinski definition) is 1. The summed E-state index contributed by atoms with van der Waals surface area (Å²) in [6.07, 6.45) is 5.24. The van der Waals surface area contributed by atoms with Crippen LogP contribution in [-0.2, 0) is 0 Å². The number of halogens is 1. The molecule has 1 aromatic rings. The van der Waals surface area contributed by atoms with Crippen LogP contribution in [0.1, 0.15) is 50.4 Å². The Kier molecular flexibility index (Phi) is 5.09. The summed E-state index contributed by atoms with van der Waals surface area (Å²) in [6.45, 7) is 5.47. The third kappa shape index (κ3) is 3.60. The Morgan fingerprint density at radius 1 is 1.47 bits per heavy atom. The molecule has 108 valence electrons. The van der Waals surface area contributed by atoms with E-state index in [0.717, 1.165) is 0 Å². The summed E-state index contributed by atoms with van der Waals surface area (Å²) in [5, 5.41) is 2.14. The number of nitrogens with two attached hydrogens (primary N) is 1. The molecule has 0 bridgehead atoms. The van der Waals surface area contributed by atoms with Crippen LogP contribution in [0, 0.1) is 5.41 Å². The number of nitrogens with zero attached hydrogens (tertiary/aromatic N) is 1. The van der Waals surface area contributed by atoms with Crippen LogP contribution in [-0.4, -0.2) is 24.5 Å². The molecule has 2 N–H and O–H groups in total.